The Hall–Kier alpha value is -2.43. The second-order valence-electron chi connectivity index (χ2n) is 3.81. The van der Waals surface area contributed by atoms with Gasteiger partial charge in [0.25, 0.3) is 0 Å². The fraction of sp³-hybridized carbons (Fsp3) is 0.0769. The van der Waals surface area contributed by atoms with E-state index in [4.69, 9.17) is 5.73 Å². The summed E-state index contributed by atoms with van der Waals surface area (Å²) in [6, 6.07) is 8.97. The first-order valence-electron chi connectivity index (χ1n) is 5.39. The maximum atomic E-state index is 12.7. The van der Waals surface area contributed by atoms with Gasteiger partial charge in [0.05, 0.1) is 18.3 Å². The predicted molar refractivity (Wildman–Crippen MR) is 67.4 cm³/mol. The summed E-state index contributed by atoms with van der Waals surface area (Å²) < 4.78 is 12.7. The van der Waals surface area contributed by atoms with E-state index in [-0.39, 0.29) is 18.1 Å². The number of carbonyl (C=O) groups is 1. The van der Waals surface area contributed by atoms with E-state index in [0.717, 1.165) is 0 Å². The molecule has 1 amide bonds. The molecule has 0 radical (unpaired) electrons. The molecule has 1 heterocycles. The van der Waals surface area contributed by atoms with Crippen molar-refractivity contribution in [2.24, 2.45) is 0 Å². The van der Waals surface area contributed by atoms with Gasteiger partial charge in [0.15, 0.2) is 0 Å². The van der Waals surface area contributed by atoms with Gasteiger partial charge in [0.1, 0.15) is 5.82 Å². The summed E-state index contributed by atoms with van der Waals surface area (Å²) in [4.78, 5) is 15.7. The van der Waals surface area contributed by atoms with E-state index in [1.165, 1.54) is 30.5 Å². The summed E-state index contributed by atoms with van der Waals surface area (Å²) >= 11 is 0. The summed E-state index contributed by atoms with van der Waals surface area (Å²) in [7, 11) is 0. The number of nitrogen functional groups attached to an aromatic ring is 1. The zero-order valence-electron chi connectivity index (χ0n) is 9.56. The molecule has 0 saturated heterocycles. The van der Waals surface area contributed by atoms with Crippen molar-refractivity contribution in [2.75, 3.05) is 11.1 Å². The first-order valence-corrected chi connectivity index (χ1v) is 5.39. The summed E-state index contributed by atoms with van der Waals surface area (Å²) in [6.07, 6.45) is 1.65. The smallest absolute Gasteiger partial charge is 0.230 e. The quantitative estimate of drug-likeness (QED) is 0.868. The molecule has 0 spiro atoms. The van der Waals surface area contributed by atoms with Crippen LogP contribution in [-0.2, 0) is 11.2 Å². The lowest BCUT2D eigenvalue weighted by Crippen LogP contribution is -2.15. The van der Waals surface area contributed by atoms with Gasteiger partial charge in [-0.25, -0.2) is 4.39 Å². The molecule has 4 nitrogen and oxygen atoms in total. The molecule has 0 aliphatic rings. The van der Waals surface area contributed by atoms with E-state index in [2.05, 4.69) is 10.3 Å². The molecule has 0 bridgehead atoms. The van der Waals surface area contributed by atoms with Gasteiger partial charge in [-0.1, -0.05) is 0 Å². The van der Waals surface area contributed by atoms with E-state index < -0.39 is 0 Å². The normalized spacial score (nSPS) is 10.1. The molecule has 2 rings (SSSR count). The average molecular weight is 245 g/mol. The molecule has 1 aromatic heterocycles. The van der Waals surface area contributed by atoms with Crippen LogP contribution in [0.15, 0.2) is 42.6 Å². The van der Waals surface area contributed by atoms with Gasteiger partial charge in [-0.2, -0.15) is 0 Å². The third-order valence-electron chi connectivity index (χ3n) is 2.32. The molecule has 92 valence electrons. The number of halogens is 1. The van der Waals surface area contributed by atoms with Crippen molar-refractivity contribution < 1.29 is 9.18 Å². The minimum Gasteiger partial charge on any atom is -0.397 e. The number of pyridine rings is 1. The van der Waals surface area contributed by atoms with Crippen LogP contribution in [0.1, 0.15) is 5.69 Å². The van der Waals surface area contributed by atoms with Gasteiger partial charge in [-0.05, 0) is 36.4 Å². The van der Waals surface area contributed by atoms with E-state index in [9.17, 15) is 9.18 Å². The van der Waals surface area contributed by atoms with Crippen LogP contribution in [-0.4, -0.2) is 10.9 Å². The second-order valence-corrected chi connectivity index (χ2v) is 3.81. The number of nitrogens with one attached hydrogen (secondary N) is 1. The Morgan fingerprint density at radius 1 is 1.22 bits per heavy atom. The summed E-state index contributed by atoms with van der Waals surface area (Å²) in [6.45, 7) is 0. The number of anilines is 2. The topological polar surface area (TPSA) is 68.0 Å². The lowest BCUT2D eigenvalue weighted by molar-refractivity contribution is -0.115. The number of carbonyl (C=O) groups excluding carboxylic acids is 1. The molecule has 0 atom stereocenters. The number of amides is 1. The number of aromatic nitrogens is 1. The number of hydrogen-bond donors (Lipinski definition) is 2. The monoisotopic (exact) mass is 245 g/mol. The minimum atomic E-state index is -0.340. The highest BCUT2D eigenvalue weighted by Crippen LogP contribution is 2.09. The van der Waals surface area contributed by atoms with Gasteiger partial charge in [-0.15, -0.1) is 0 Å². The van der Waals surface area contributed by atoms with Crippen LogP contribution >= 0.6 is 0 Å². The fourth-order valence-electron chi connectivity index (χ4n) is 1.44. The van der Waals surface area contributed by atoms with Crippen molar-refractivity contribution in [3.05, 3.63) is 54.1 Å². The van der Waals surface area contributed by atoms with Crippen LogP contribution in [0.2, 0.25) is 0 Å². The Morgan fingerprint density at radius 3 is 2.56 bits per heavy atom. The molecule has 0 unspecified atom stereocenters. The van der Waals surface area contributed by atoms with Crippen LogP contribution < -0.4 is 11.1 Å². The Balaban J connectivity index is 1.96. The highest BCUT2D eigenvalue weighted by molar-refractivity contribution is 5.91. The highest BCUT2D eigenvalue weighted by atomic mass is 19.1. The van der Waals surface area contributed by atoms with Crippen LogP contribution in [0, 0.1) is 5.82 Å². The van der Waals surface area contributed by atoms with E-state index in [1.807, 2.05) is 0 Å². The maximum absolute atomic E-state index is 12.7. The Morgan fingerprint density at radius 2 is 1.94 bits per heavy atom. The van der Waals surface area contributed by atoms with Crippen LogP contribution in [0.4, 0.5) is 15.8 Å². The van der Waals surface area contributed by atoms with Crippen LogP contribution in [0.3, 0.4) is 0 Å². The molecule has 5 heteroatoms. The average Bonchev–Trinajstić information content (AvgIpc) is 2.35. The Labute approximate surface area is 104 Å². The van der Waals surface area contributed by atoms with Crippen molar-refractivity contribution in [2.45, 2.75) is 6.42 Å². The molecular weight excluding hydrogens is 233 g/mol. The molecule has 0 aliphatic heterocycles. The molecular formula is C13H12FN3O. The zero-order valence-corrected chi connectivity index (χ0v) is 9.56. The van der Waals surface area contributed by atoms with Gasteiger partial charge in [0, 0.05) is 11.4 Å². The number of nitrogens with two attached hydrogens (primary N) is 1. The van der Waals surface area contributed by atoms with Gasteiger partial charge >= 0.3 is 0 Å². The number of rotatable bonds is 3. The van der Waals surface area contributed by atoms with E-state index in [1.54, 1.807) is 12.1 Å². The van der Waals surface area contributed by atoms with Crippen molar-refractivity contribution >= 4 is 17.3 Å². The molecule has 0 fully saturated rings. The van der Waals surface area contributed by atoms with Crippen molar-refractivity contribution in [1.82, 2.24) is 4.98 Å². The molecule has 0 aliphatic carbocycles. The third-order valence-corrected chi connectivity index (χ3v) is 2.32. The van der Waals surface area contributed by atoms with Crippen molar-refractivity contribution in [1.29, 1.82) is 0 Å². The lowest BCUT2D eigenvalue weighted by Gasteiger charge is -2.04. The highest BCUT2D eigenvalue weighted by Gasteiger charge is 2.05. The summed E-state index contributed by atoms with van der Waals surface area (Å²) in [5.74, 6) is -0.549. The first-order chi connectivity index (χ1) is 8.63. The van der Waals surface area contributed by atoms with E-state index in [0.29, 0.717) is 17.1 Å². The summed E-state index contributed by atoms with van der Waals surface area (Å²) in [5.41, 5.74) is 7.23. The Bertz CT molecular complexity index is 488. The molecule has 2 aromatic rings. The second kappa shape index (κ2) is 5.27. The zero-order chi connectivity index (χ0) is 13.0. The Kier molecular flexibility index (Phi) is 3.52. The van der Waals surface area contributed by atoms with Gasteiger partial charge in [0.2, 0.25) is 5.91 Å². The number of nitrogens with zero attached hydrogens (tertiary/aromatic N) is 1. The lowest BCUT2D eigenvalue weighted by atomic mass is 10.2. The number of benzene rings is 1. The van der Waals surface area contributed by atoms with Crippen LogP contribution in [0.25, 0.3) is 0 Å². The SMILES string of the molecule is Nc1ccc(CC(=O)Nc2ccc(F)cc2)nc1. The van der Waals surface area contributed by atoms with Crippen molar-refractivity contribution in [3.8, 4) is 0 Å². The molecule has 18 heavy (non-hydrogen) atoms. The molecule has 1 aromatic carbocycles. The summed E-state index contributed by atoms with van der Waals surface area (Å²) in [5, 5.41) is 2.66. The van der Waals surface area contributed by atoms with Gasteiger partial charge in [-0.3, -0.25) is 9.78 Å². The minimum absolute atomic E-state index is 0.150. The predicted octanol–water partition coefficient (Wildman–Crippen LogP) is 1.98. The largest absolute Gasteiger partial charge is 0.397 e. The first kappa shape index (κ1) is 12.0. The van der Waals surface area contributed by atoms with Gasteiger partial charge < -0.3 is 11.1 Å². The fourth-order valence-corrected chi connectivity index (χ4v) is 1.44. The third kappa shape index (κ3) is 3.28. The number of hydrogen-bond acceptors (Lipinski definition) is 3. The van der Waals surface area contributed by atoms with Crippen molar-refractivity contribution in [3.63, 3.8) is 0 Å². The van der Waals surface area contributed by atoms with Crippen LogP contribution in [0.5, 0.6) is 0 Å². The standard InChI is InChI=1S/C13H12FN3O/c14-9-1-4-11(5-2-9)17-13(18)7-12-6-3-10(15)8-16-12/h1-6,8H,7,15H2,(H,17,18). The van der Waals surface area contributed by atoms with E-state index >= 15 is 0 Å². The molecule has 0 saturated carbocycles. The molecule has 3 N–H and O–H groups in total. The maximum Gasteiger partial charge on any atom is 0.230 e.